The molecule has 0 radical (unpaired) electrons. The highest BCUT2D eigenvalue weighted by molar-refractivity contribution is 5.02. The molecule has 1 aliphatic heterocycles. The summed E-state index contributed by atoms with van der Waals surface area (Å²) in [6.45, 7) is 3.33. The average molecular weight is 224 g/mol. The molecule has 2 heterocycles. The number of aromatic nitrogens is 2. The van der Waals surface area contributed by atoms with Crippen molar-refractivity contribution < 1.29 is 9.84 Å². The maximum Gasteiger partial charge on any atom is 0.267 e. The lowest BCUT2D eigenvalue weighted by atomic mass is 10.0. The summed E-state index contributed by atoms with van der Waals surface area (Å²) in [5, 5.41) is 13.9. The summed E-state index contributed by atoms with van der Waals surface area (Å²) in [7, 11) is 0. The molecule has 0 aliphatic carbocycles. The lowest BCUT2D eigenvalue weighted by molar-refractivity contribution is 0.0735. The van der Waals surface area contributed by atoms with Crippen LogP contribution < -0.4 is 5.56 Å². The van der Waals surface area contributed by atoms with Gasteiger partial charge in [-0.15, -0.1) is 0 Å². The van der Waals surface area contributed by atoms with Gasteiger partial charge in [-0.2, -0.15) is 5.10 Å². The fraction of sp³-hybridized carbons (Fsp3) is 0.636. The summed E-state index contributed by atoms with van der Waals surface area (Å²) < 4.78 is 6.50. The van der Waals surface area contributed by atoms with Gasteiger partial charge < -0.3 is 9.84 Å². The Morgan fingerprint density at radius 3 is 3.19 bits per heavy atom. The van der Waals surface area contributed by atoms with Crippen LogP contribution in [-0.4, -0.2) is 34.2 Å². The van der Waals surface area contributed by atoms with Crippen molar-refractivity contribution in [1.29, 1.82) is 0 Å². The minimum Gasteiger partial charge on any atom is -0.391 e. The first kappa shape index (κ1) is 11.3. The van der Waals surface area contributed by atoms with Gasteiger partial charge in [-0.05, 0) is 18.9 Å². The van der Waals surface area contributed by atoms with Crippen LogP contribution in [0.15, 0.2) is 17.1 Å². The van der Waals surface area contributed by atoms with Crippen LogP contribution in [0.1, 0.15) is 12.0 Å². The normalized spacial score (nSPS) is 22.2. The Kier molecular flexibility index (Phi) is 3.36. The van der Waals surface area contributed by atoms with E-state index < -0.39 is 6.10 Å². The molecule has 1 aliphatic rings. The van der Waals surface area contributed by atoms with Gasteiger partial charge in [-0.1, -0.05) is 0 Å². The molecule has 1 N–H and O–H groups in total. The Morgan fingerprint density at radius 1 is 1.75 bits per heavy atom. The number of aliphatic hydroxyl groups excluding tert-OH is 1. The zero-order valence-electron chi connectivity index (χ0n) is 9.30. The van der Waals surface area contributed by atoms with E-state index in [4.69, 9.17) is 4.74 Å². The van der Waals surface area contributed by atoms with Gasteiger partial charge in [0.25, 0.3) is 5.56 Å². The van der Waals surface area contributed by atoms with Crippen molar-refractivity contribution in [3.05, 3.63) is 28.2 Å². The van der Waals surface area contributed by atoms with Gasteiger partial charge in [-0.25, -0.2) is 4.68 Å². The lowest BCUT2D eigenvalue weighted by Crippen LogP contribution is -2.32. The third-order valence-electron chi connectivity index (χ3n) is 2.88. The minimum atomic E-state index is -0.560. The molecule has 0 amide bonds. The first-order valence-corrected chi connectivity index (χ1v) is 5.46. The largest absolute Gasteiger partial charge is 0.391 e. The van der Waals surface area contributed by atoms with Gasteiger partial charge in [-0.3, -0.25) is 4.79 Å². The molecule has 1 aromatic heterocycles. The molecule has 16 heavy (non-hydrogen) atoms. The minimum absolute atomic E-state index is 0.120. The van der Waals surface area contributed by atoms with Gasteiger partial charge in [0.05, 0.1) is 25.5 Å². The number of rotatable bonds is 3. The molecule has 1 fully saturated rings. The molecule has 2 rings (SSSR count). The van der Waals surface area contributed by atoms with Crippen LogP contribution in [0.5, 0.6) is 0 Å². The van der Waals surface area contributed by atoms with Crippen LogP contribution in [0.25, 0.3) is 0 Å². The van der Waals surface area contributed by atoms with E-state index in [9.17, 15) is 9.90 Å². The zero-order valence-corrected chi connectivity index (χ0v) is 9.30. The molecule has 0 aromatic carbocycles. The highest BCUT2D eigenvalue weighted by Gasteiger charge is 2.24. The molecule has 2 atom stereocenters. The van der Waals surface area contributed by atoms with Crippen LogP contribution >= 0.6 is 0 Å². The van der Waals surface area contributed by atoms with E-state index in [1.54, 1.807) is 6.20 Å². The summed E-state index contributed by atoms with van der Waals surface area (Å²) in [6, 6.07) is 1.52. The van der Waals surface area contributed by atoms with E-state index in [1.165, 1.54) is 10.7 Å². The predicted octanol–water partition coefficient (Wildman–Crippen LogP) is -0.0509. The SMILES string of the molecule is Cc1cnn(CC(O)C2CCOC2)c(=O)c1. The standard InChI is InChI=1S/C11H16N2O3/c1-8-4-11(15)13(12-5-8)6-10(14)9-2-3-16-7-9/h4-5,9-10,14H,2-3,6-7H2,1H3. The summed E-state index contributed by atoms with van der Waals surface area (Å²) in [5.74, 6) is 0.120. The second-order valence-corrected chi connectivity index (χ2v) is 4.24. The topological polar surface area (TPSA) is 64.3 Å². The van der Waals surface area contributed by atoms with E-state index in [1.807, 2.05) is 6.92 Å². The average Bonchev–Trinajstić information content (AvgIpc) is 2.75. The van der Waals surface area contributed by atoms with E-state index in [2.05, 4.69) is 5.10 Å². The highest BCUT2D eigenvalue weighted by Crippen LogP contribution is 2.17. The van der Waals surface area contributed by atoms with Crippen molar-refractivity contribution in [1.82, 2.24) is 9.78 Å². The molecule has 5 nitrogen and oxygen atoms in total. The van der Waals surface area contributed by atoms with Crippen molar-refractivity contribution >= 4 is 0 Å². The van der Waals surface area contributed by atoms with Gasteiger partial charge >= 0.3 is 0 Å². The van der Waals surface area contributed by atoms with Gasteiger partial charge in [0.1, 0.15) is 0 Å². The van der Waals surface area contributed by atoms with Crippen molar-refractivity contribution in [2.24, 2.45) is 5.92 Å². The molecule has 0 spiro atoms. The summed E-state index contributed by atoms with van der Waals surface area (Å²) in [4.78, 5) is 11.5. The molecule has 0 bridgehead atoms. The summed E-state index contributed by atoms with van der Waals surface area (Å²) >= 11 is 0. The predicted molar refractivity (Wildman–Crippen MR) is 58.2 cm³/mol. The van der Waals surface area contributed by atoms with Crippen molar-refractivity contribution in [3.63, 3.8) is 0 Å². The molecule has 88 valence electrons. The van der Waals surface area contributed by atoms with E-state index in [-0.39, 0.29) is 18.0 Å². The van der Waals surface area contributed by atoms with Crippen LogP contribution in [0.4, 0.5) is 0 Å². The van der Waals surface area contributed by atoms with Gasteiger partial charge in [0.2, 0.25) is 0 Å². The number of ether oxygens (including phenoxy) is 1. The Balaban J connectivity index is 2.05. The smallest absolute Gasteiger partial charge is 0.267 e. The molecule has 2 unspecified atom stereocenters. The van der Waals surface area contributed by atoms with Gasteiger partial charge in [0.15, 0.2) is 0 Å². The molecule has 1 saturated heterocycles. The Labute approximate surface area is 93.7 Å². The third-order valence-corrected chi connectivity index (χ3v) is 2.88. The van der Waals surface area contributed by atoms with Crippen LogP contribution in [0.3, 0.4) is 0 Å². The van der Waals surface area contributed by atoms with Crippen molar-refractivity contribution in [2.45, 2.75) is 26.0 Å². The van der Waals surface area contributed by atoms with E-state index in [0.29, 0.717) is 13.2 Å². The maximum absolute atomic E-state index is 11.5. The lowest BCUT2D eigenvalue weighted by Gasteiger charge is -2.16. The molecule has 0 saturated carbocycles. The fourth-order valence-corrected chi connectivity index (χ4v) is 1.84. The maximum atomic E-state index is 11.5. The van der Waals surface area contributed by atoms with Crippen molar-refractivity contribution in [2.75, 3.05) is 13.2 Å². The first-order valence-electron chi connectivity index (χ1n) is 5.46. The van der Waals surface area contributed by atoms with Crippen LogP contribution in [0, 0.1) is 12.8 Å². The highest BCUT2D eigenvalue weighted by atomic mass is 16.5. The zero-order chi connectivity index (χ0) is 11.5. The number of aliphatic hydroxyl groups is 1. The number of hydrogen-bond donors (Lipinski definition) is 1. The molecule has 1 aromatic rings. The van der Waals surface area contributed by atoms with E-state index in [0.717, 1.165) is 12.0 Å². The third kappa shape index (κ3) is 2.48. The number of aryl methyl sites for hydroxylation is 1. The van der Waals surface area contributed by atoms with E-state index >= 15 is 0 Å². The van der Waals surface area contributed by atoms with Crippen molar-refractivity contribution in [3.8, 4) is 0 Å². The Bertz CT molecular complexity index is 410. The Morgan fingerprint density at radius 2 is 2.56 bits per heavy atom. The van der Waals surface area contributed by atoms with Gasteiger partial charge in [0, 0.05) is 18.6 Å². The molecular formula is C11H16N2O3. The first-order chi connectivity index (χ1) is 7.66. The second-order valence-electron chi connectivity index (χ2n) is 4.24. The van der Waals surface area contributed by atoms with Crippen LogP contribution in [0.2, 0.25) is 0 Å². The number of hydrogen-bond acceptors (Lipinski definition) is 4. The monoisotopic (exact) mass is 224 g/mol. The molecular weight excluding hydrogens is 208 g/mol. The number of nitrogens with zero attached hydrogens (tertiary/aromatic N) is 2. The quantitative estimate of drug-likeness (QED) is 0.781. The Hall–Kier alpha value is -1.20. The van der Waals surface area contributed by atoms with Crippen LogP contribution in [-0.2, 0) is 11.3 Å². The summed E-state index contributed by atoms with van der Waals surface area (Å²) in [6.07, 6.45) is 1.91. The second kappa shape index (κ2) is 4.76. The fourth-order valence-electron chi connectivity index (χ4n) is 1.84. The summed E-state index contributed by atoms with van der Waals surface area (Å²) in [5.41, 5.74) is 0.665. The molecule has 5 heteroatoms.